The Morgan fingerprint density at radius 3 is 2.43 bits per heavy atom. The van der Waals surface area contributed by atoms with Crippen molar-refractivity contribution in [3.8, 4) is 0 Å². The van der Waals surface area contributed by atoms with Crippen LogP contribution in [-0.2, 0) is 16.1 Å². The van der Waals surface area contributed by atoms with Gasteiger partial charge in [0.25, 0.3) is 0 Å². The van der Waals surface area contributed by atoms with Gasteiger partial charge in [-0.25, -0.2) is 0 Å². The number of ether oxygens (including phenoxy) is 1. The summed E-state index contributed by atoms with van der Waals surface area (Å²) in [5.41, 5.74) is 0.801. The van der Waals surface area contributed by atoms with E-state index in [1.54, 1.807) is 0 Å². The zero-order valence-corrected chi connectivity index (χ0v) is 13.8. The Morgan fingerprint density at radius 1 is 1.24 bits per heavy atom. The molecular weight excluding hydrogens is 262 g/mol. The van der Waals surface area contributed by atoms with Crippen LogP contribution in [0.15, 0.2) is 30.3 Å². The second-order valence-corrected chi connectivity index (χ2v) is 7.58. The van der Waals surface area contributed by atoms with Crippen LogP contribution >= 0.6 is 0 Å². The molecule has 0 bridgehead atoms. The van der Waals surface area contributed by atoms with Crippen LogP contribution in [0.5, 0.6) is 0 Å². The highest BCUT2D eigenvalue weighted by atomic mass is 16.5. The molecule has 21 heavy (non-hydrogen) atoms. The molecule has 1 unspecified atom stereocenters. The van der Waals surface area contributed by atoms with Crippen LogP contribution in [0, 0.1) is 5.41 Å². The minimum Gasteiger partial charge on any atom is -0.364 e. The number of Topliss-reactive ketones (excluding diaryl/α,β-unsaturated/α-hetero) is 1. The van der Waals surface area contributed by atoms with Crippen molar-refractivity contribution in [2.45, 2.75) is 52.9 Å². The summed E-state index contributed by atoms with van der Waals surface area (Å²) in [6.45, 7) is 12.6. The molecule has 3 nitrogen and oxygen atoms in total. The molecule has 2 rings (SSSR count). The van der Waals surface area contributed by atoms with E-state index in [-0.39, 0.29) is 22.8 Å². The number of hydrogen-bond donors (Lipinski definition) is 0. The molecule has 0 spiro atoms. The third-order valence-electron chi connectivity index (χ3n) is 4.17. The molecule has 3 heteroatoms. The van der Waals surface area contributed by atoms with E-state index >= 15 is 0 Å². The summed E-state index contributed by atoms with van der Waals surface area (Å²) in [6.07, 6.45) is -0.340. The van der Waals surface area contributed by atoms with Gasteiger partial charge in [-0.05, 0) is 26.3 Å². The van der Waals surface area contributed by atoms with Crippen molar-refractivity contribution in [1.29, 1.82) is 0 Å². The Morgan fingerprint density at radius 2 is 1.86 bits per heavy atom. The summed E-state index contributed by atoms with van der Waals surface area (Å²) < 4.78 is 5.95. The van der Waals surface area contributed by atoms with Crippen molar-refractivity contribution in [3.63, 3.8) is 0 Å². The van der Waals surface area contributed by atoms with Gasteiger partial charge in [0.05, 0.1) is 6.61 Å². The molecule has 1 saturated heterocycles. The van der Waals surface area contributed by atoms with Crippen molar-refractivity contribution in [2.75, 3.05) is 13.1 Å². The SMILES string of the molecule is CC1(C)CN(C(C)(C)C)CC(OCc2ccccc2)C1=O. The molecule has 0 amide bonds. The summed E-state index contributed by atoms with van der Waals surface area (Å²) >= 11 is 0. The fourth-order valence-corrected chi connectivity index (χ4v) is 2.75. The molecule has 1 aromatic carbocycles. The van der Waals surface area contributed by atoms with Crippen LogP contribution in [0.3, 0.4) is 0 Å². The van der Waals surface area contributed by atoms with Gasteiger partial charge in [0.1, 0.15) is 6.10 Å². The molecule has 1 aliphatic heterocycles. The summed E-state index contributed by atoms with van der Waals surface area (Å²) in [7, 11) is 0. The maximum absolute atomic E-state index is 12.6. The van der Waals surface area contributed by atoms with Crippen molar-refractivity contribution in [2.24, 2.45) is 5.41 Å². The molecule has 0 radical (unpaired) electrons. The summed E-state index contributed by atoms with van der Waals surface area (Å²) in [5.74, 6) is 0.221. The molecular formula is C18H27NO2. The smallest absolute Gasteiger partial charge is 0.169 e. The fourth-order valence-electron chi connectivity index (χ4n) is 2.75. The molecule has 0 saturated carbocycles. The van der Waals surface area contributed by atoms with Gasteiger partial charge in [0, 0.05) is 24.0 Å². The highest BCUT2D eigenvalue weighted by Crippen LogP contribution is 2.31. The van der Waals surface area contributed by atoms with Crippen LogP contribution in [-0.4, -0.2) is 35.4 Å². The number of rotatable bonds is 3. The first-order valence-electron chi connectivity index (χ1n) is 7.65. The largest absolute Gasteiger partial charge is 0.364 e. The van der Waals surface area contributed by atoms with Crippen LogP contribution in [0.25, 0.3) is 0 Å². The summed E-state index contributed by atoms with van der Waals surface area (Å²) in [4.78, 5) is 14.9. The number of benzene rings is 1. The van der Waals surface area contributed by atoms with Gasteiger partial charge in [0.15, 0.2) is 5.78 Å². The van der Waals surface area contributed by atoms with E-state index in [1.165, 1.54) is 0 Å². The highest BCUT2D eigenvalue weighted by molar-refractivity contribution is 5.89. The normalized spacial score (nSPS) is 23.3. The van der Waals surface area contributed by atoms with E-state index in [0.717, 1.165) is 12.1 Å². The molecule has 1 aliphatic rings. The van der Waals surface area contributed by atoms with E-state index < -0.39 is 0 Å². The van der Waals surface area contributed by atoms with Crippen molar-refractivity contribution >= 4 is 5.78 Å². The minimum atomic E-state index is -0.354. The highest BCUT2D eigenvalue weighted by Gasteiger charge is 2.44. The van der Waals surface area contributed by atoms with Gasteiger partial charge < -0.3 is 4.74 Å². The fraction of sp³-hybridized carbons (Fsp3) is 0.611. The number of likely N-dealkylation sites (tertiary alicyclic amines) is 1. The number of piperidine rings is 1. The van der Waals surface area contributed by atoms with Gasteiger partial charge >= 0.3 is 0 Å². The lowest BCUT2D eigenvalue weighted by molar-refractivity contribution is -0.152. The van der Waals surface area contributed by atoms with Crippen molar-refractivity contribution in [1.82, 2.24) is 4.90 Å². The lowest BCUT2D eigenvalue weighted by Crippen LogP contribution is -2.60. The average Bonchev–Trinajstić information content (AvgIpc) is 2.40. The minimum absolute atomic E-state index is 0.0479. The van der Waals surface area contributed by atoms with Crippen LogP contribution < -0.4 is 0 Å². The monoisotopic (exact) mass is 289 g/mol. The number of nitrogens with zero attached hydrogens (tertiary/aromatic N) is 1. The average molecular weight is 289 g/mol. The van der Waals surface area contributed by atoms with Crippen molar-refractivity contribution < 1.29 is 9.53 Å². The molecule has 1 heterocycles. The lowest BCUT2D eigenvalue weighted by atomic mass is 9.79. The molecule has 1 aromatic rings. The first kappa shape index (κ1) is 16.2. The Hall–Kier alpha value is -1.19. The molecule has 0 aliphatic carbocycles. The zero-order valence-electron chi connectivity index (χ0n) is 13.8. The Labute approximate surface area is 128 Å². The Balaban J connectivity index is 2.08. The van der Waals surface area contributed by atoms with Crippen LogP contribution in [0.4, 0.5) is 0 Å². The van der Waals surface area contributed by atoms with Gasteiger partial charge in [-0.15, -0.1) is 0 Å². The first-order chi connectivity index (χ1) is 9.70. The number of hydrogen-bond acceptors (Lipinski definition) is 3. The van der Waals surface area contributed by atoms with E-state index in [4.69, 9.17) is 4.74 Å². The first-order valence-corrected chi connectivity index (χ1v) is 7.65. The predicted octanol–water partition coefficient (Wildman–Crippen LogP) is 3.28. The standard InChI is InChI=1S/C18H27NO2/c1-17(2,3)19-11-15(16(20)18(4,5)13-19)21-12-14-9-7-6-8-10-14/h6-10,15H,11-13H2,1-5H3. The summed E-state index contributed by atoms with van der Waals surface area (Å²) in [5, 5.41) is 0. The topological polar surface area (TPSA) is 29.5 Å². The predicted molar refractivity (Wildman–Crippen MR) is 85.1 cm³/mol. The molecule has 1 atom stereocenters. The molecule has 116 valence electrons. The second-order valence-electron chi connectivity index (χ2n) is 7.58. The van der Waals surface area contributed by atoms with E-state index in [2.05, 4.69) is 25.7 Å². The maximum Gasteiger partial charge on any atom is 0.169 e. The van der Waals surface area contributed by atoms with Crippen molar-refractivity contribution in [3.05, 3.63) is 35.9 Å². The second kappa shape index (κ2) is 5.90. The maximum atomic E-state index is 12.6. The zero-order chi connectivity index (χ0) is 15.7. The van der Waals surface area contributed by atoms with Gasteiger partial charge in [0.2, 0.25) is 0 Å². The number of carbonyl (C=O) groups excluding carboxylic acids is 1. The van der Waals surface area contributed by atoms with Gasteiger partial charge in [-0.3, -0.25) is 9.69 Å². The van der Waals surface area contributed by atoms with E-state index in [1.807, 2.05) is 44.2 Å². The van der Waals surface area contributed by atoms with Crippen LogP contribution in [0.2, 0.25) is 0 Å². The van der Waals surface area contributed by atoms with Crippen LogP contribution in [0.1, 0.15) is 40.2 Å². The number of carbonyl (C=O) groups is 1. The third-order valence-corrected chi connectivity index (χ3v) is 4.17. The lowest BCUT2D eigenvalue weighted by Gasteiger charge is -2.47. The summed E-state index contributed by atoms with van der Waals surface area (Å²) in [6, 6.07) is 10.0. The number of ketones is 1. The van der Waals surface area contributed by atoms with Gasteiger partial charge in [-0.2, -0.15) is 0 Å². The quantitative estimate of drug-likeness (QED) is 0.855. The molecule has 1 fully saturated rings. The third kappa shape index (κ3) is 3.92. The Kier molecular flexibility index (Phi) is 4.54. The molecule has 0 aromatic heterocycles. The Bertz CT molecular complexity index is 488. The molecule has 0 N–H and O–H groups in total. The van der Waals surface area contributed by atoms with E-state index in [9.17, 15) is 4.79 Å². The van der Waals surface area contributed by atoms with E-state index in [0.29, 0.717) is 13.2 Å². The van der Waals surface area contributed by atoms with Gasteiger partial charge in [-0.1, -0.05) is 44.2 Å².